The molecule has 9 nitrogen and oxygen atoms in total. The zero-order valence-electron chi connectivity index (χ0n) is 18.6. The first kappa shape index (κ1) is 23.7. The van der Waals surface area contributed by atoms with E-state index in [-0.39, 0.29) is 17.1 Å². The van der Waals surface area contributed by atoms with E-state index in [1.165, 1.54) is 6.07 Å². The first-order valence-electron chi connectivity index (χ1n) is 10.3. The highest BCUT2D eigenvalue weighted by molar-refractivity contribution is 6.32. The number of carbonyl (C=O) groups excluding carboxylic acids is 1. The molecule has 0 saturated heterocycles. The van der Waals surface area contributed by atoms with Crippen LogP contribution in [-0.4, -0.2) is 30.9 Å². The Labute approximate surface area is 191 Å². The molecule has 0 spiro atoms. The molecule has 1 aromatic carbocycles. The van der Waals surface area contributed by atoms with Gasteiger partial charge in [-0.1, -0.05) is 37.6 Å². The fraction of sp³-hybridized carbons (Fsp3) is 0.455. The van der Waals surface area contributed by atoms with Gasteiger partial charge in [-0.2, -0.15) is 10.5 Å². The summed E-state index contributed by atoms with van der Waals surface area (Å²) in [4.78, 5) is 24.5. The molecule has 172 valence electrons. The Bertz CT molecular complexity index is 1090. The maximum atomic E-state index is 12.8. The Kier molecular flexibility index (Phi) is 6.90. The van der Waals surface area contributed by atoms with Crippen LogP contribution >= 0.6 is 11.6 Å². The number of pyridine rings is 1. The standard InChI is InChI=1S/C22H28ClN5O4/c1-22(2,3)20-9-13-8-19(32-7-5-6-31-4)15(23)10-14(13)16-11-18(29)17(12-27(16)20)28(26-25)21(24)30/h8,10-12,20,25H,5-7,9H2,1-4H3,(H2,24,30). The zero-order valence-corrected chi connectivity index (χ0v) is 19.4. The molecule has 1 aromatic heterocycles. The summed E-state index contributed by atoms with van der Waals surface area (Å²) in [6.07, 6.45) is 2.95. The number of fused-ring (bicyclic) bond motifs is 3. The Morgan fingerprint density at radius 2 is 2.06 bits per heavy atom. The van der Waals surface area contributed by atoms with Crippen molar-refractivity contribution in [1.29, 1.82) is 5.53 Å². The number of nitrogens with two attached hydrogens (primary N) is 1. The van der Waals surface area contributed by atoms with Crippen molar-refractivity contribution in [3.05, 3.63) is 45.2 Å². The highest BCUT2D eigenvalue weighted by Gasteiger charge is 2.34. The highest BCUT2D eigenvalue weighted by atomic mass is 35.5. The summed E-state index contributed by atoms with van der Waals surface area (Å²) in [6, 6.07) is 4.11. The van der Waals surface area contributed by atoms with E-state index in [0.717, 1.165) is 17.5 Å². The molecule has 0 saturated carbocycles. The van der Waals surface area contributed by atoms with Crippen LogP contribution in [0.25, 0.3) is 11.3 Å². The van der Waals surface area contributed by atoms with Crippen molar-refractivity contribution in [3.8, 4) is 17.0 Å². The lowest BCUT2D eigenvalue weighted by Gasteiger charge is -2.39. The second-order valence-corrected chi connectivity index (χ2v) is 9.19. The first-order chi connectivity index (χ1) is 15.1. The lowest BCUT2D eigenvalue weighted by molar-refractivity contribution is 0.172. The minimum Gasteiger partial charge on any atom is -0.492 e. The van der Waals surface area contributed by atoms with E-state index in [4.69, 9.17) is 32.3 Å². The van der Waals surface area contributed by atoms with Crippen LogP contribution in [0.2, 0.25) is 5.02 Å². The van der Waals surface area contributed by atoms with E-state index < -0.39 is 11.5 Å². The number of hydrogen-bond donors (Lipinski definition) is 2. The maximum Gasteiger partial charge on any atom is 0.341 e. The SMILES string of the molecule is COCCCOc1cc2c(cc1Cl)-c1cc(=O)c(N(N=N)C(N)=O)cn1C(C(C)(C)C)C2. The average Bonchev–Trinajstić information content (AvgIpc) is 2.71. The molecular weight excluding hydrogens is 434 g/mol. The van der Waals surface area contributed by atoms with Gasteiger partial charge in [0.15, 0.2) is 0 Å². The molecule has 1 aliphatic heterocycles. The van der Waals surface area contributed by atoms with Crippen LogP contribution in [0.15, 0.2) is 34.4 Å². The molecule has 0 bridgehead atoms. The van der Waals surface area contributed by atoms with E-state index in [1.54, 1.807) is 19.4 Å². The number of rotatable bonds is 7. The van der Waals surface area contributed by atoms with Crippen LogP contribution < -0.4 is 20.9 Å². The maximum absolute atomic E-state index is 12.8. The van der Waals surface area contributed by atoms with E-state index in [2.05, 4.69) is 26.0 Å². The molecule has 3 N–H and O–H groups in total. The quantitative estimate of drug-likeness (QED) is 0.356. The number of hydrogen-bond acceptors (Lipinski definition) is 6. The number of methoxy groups -OCH3 is 1. The van der Waals surface area contributed by atoms with Gasteiger partial charge in [-0.3, -0.25) is 4.79 Å². The predicted molar refractivity (Wildman–Crippen MR) is 123 cm³/mol. The molecule has 1 unspecified atom stereocenters. The number of carbonyl (C=O) groups is 1. The Morgan fingerprint density at radius 1 is 1.34 bits per heavy atom. The number of halogens is 1. The van der Waals surface area contributed by atoms with Crippen LogP contribution in [0.4, 0.5) is 10.5 Å². The van der Waals surface area contributed by atoms with Gasteiger partial charge in [-0.15, -0.1) is 0 Å². The smallest absolute Gasteiger partial charge is 0.341 e. The molecule has 0 aliphatic carbocycles. The molecular formula is C22H28ClN5O4. The van der Waals surface area contributed by atoms with Crippen LogP contribution in [0.5, 0.6) is 5.75 Å². The molecule has 2 aromatic rings. The third-order valence-corrected chi connectivity index (χ3v) is 5.82. The fourth-order valence-electron chi connectivity index (χ4n) is 3.92. The molecule has 1 atom stereocenters. The molecule has 1 aliphatic rings. The summed E-state index contributed by atoms with van der Waals surface area (Å²) in [6.45, 7) is 7.38. The number of benzene rings is 1. The number of anilines is 1. The van der Waals surface area contributed by atoms with Crippen molar-refractivity contribution in [2.24, 2.45) is 16.4 Å². The van der Waals surface area contributed by atoms with E-state index in [0.29, 0.717) is 41.1 Å². The topological polar surface area (TPSA) is 123 Å². The largest absolute Gasteiger partial charge is 0.492 e. The number of primary amides is 1. The molecule has 2 amide bonds. The van der Waals surface area contributed by atoms with E-state index >= 15 is 0 Å². The fourth-order valence-corrected chi connectivity index (χ4v) is 4.14. The monoisotopic (exact) mass is 461 g/mol. The normalized spacial score (nSPS) is 15.0. The molecule has 2 heterocycles. The Balaban J connectivity index is 2.14. The van der Waals surface area contributed by atoms with Gasteiger partial charge in [0, 0.05) is 44.0 Å². The van der Waals surface area contributed by atoms with Crippen LogP contribution in [-0.2, 0) is 11.2 Å². The van der Waals surface area contributed by atoms with Crippen molar-refractivity contribution in [2.75, 3.05) is 25.3 Å². The van der Waals surface area contributed by atoms with Crippen molar-refractivity contribution < 1.29 is 14.3 Å². The average molecular weight is 462 g/mol. The lowest BCUT2D eigenvalue weighted by Crippen LogP contribution is -2.36. The number of ether oxygens (including phenoxy) is 2. The van der Waals surface area contributed by atoms with E-state index in [1.807, 2.05) is 10.6 Å². The number of nitrogens with one attached hydrogen (secondary N) is 1. The van der Waals surface area contributed by atoms with Gasteiger partial charge >= 0.3 is 6.03 Å². The predicted octanol–water partition coefficient (Wildman–Crippen LogP) is 4.56. The highest BCUT2D eigenvalue weighted by Crippen LogP contribution is 2.45. The number of urea groups is 1. The van der Waals surface area contributed by atoms with Gasteiger partial charge in [-0.25, -0.2) is 4.79 Å². The second-order valence-electron chi connectivity index (χ2n) is 8.79. The summed E-state index contributed by atoms with van der Waals surface area (Å²) >= 11 is 6.50. The summed E-state index contributed by atoms with van der Waals surface area (Å²) in [5.74, 6) is 0.592. The summed E-state index contributed by atoms with van der Waals surface area (Å²) in [7, 11) is 1.64. The minimum absolute atomic E-state index is 0.0488. The summed E-state index contributed by atoms with van der Waals surface area (Å²) < 4.78 is 12.9. The second kappa shape index (κ2) is 9.30. The number of amides is 2. The van der Waals surface area contributed by atoms with Crippen LogP contribution in [0.3, 0.4) is 0 Å². The molecule has 0 radical (unpaired) electrons. The van der Waals surface area contributed by atoms with Gasteiger partial charge < -0.3 is 19.8 Å². The van der Waals surface area contributed by atoms with E-state index in [9.17, 15) is 9.59 Å². The molecule has 3 rings (SSSR count). The third kappa shape index (κ3) is 4.63. The van der Waals surface area contributed by atoms with Crippen molar-refractivity contribution in [2.45, 2.75) is 39.7 Å². The third-order valence-electron chi connectivity index (χ3n) is 5.53. The molecule has 10 heteroatoms. The minimum atomic E-state index is -1.00. The van der Waals surface area contributed by atoms with Gasteiger partial charge in [0.25, 0.3) is 0 Å². The van der Waals surface area contributed by atoms with Crippen LogP contribution in [0.1, 0.15) is 38.8 Å². The van der Waals surface area contributed by atoms with Crippen LogP contribution in [0, 0.1) is 10.9 Å². The van der Waals surface area contributed by atoms with Gasteiger partial charge in [0.05, 0.1) is 17.3 Å². The van der Waals surface area contributed by atoms with Gasteiger partial charge in [0.1, 0.15) is 11.4 Å². The first-order valence-corrected chi connectivity index (χ1v) is 10.6. The Morgan fingerprint density at radius 3 is 2.66 bits per heavy atom. The van der Waals surface area contributed by atoms with Crippen molar-refractivity contribution >= 4 is 23.3 Å². The Hall–Kier alpha value is -2.91. The summed E-state index contributed by atoms with van der Waals surface area (Å²) in [5.41, 5.74) is 14.3. The molecule has 32 heavy (non-hydrogen) atoms. The lowest BCUT2D eigenvalue weighted by atomic mass is 9.79. The van der Waals surface area contributed by atoms with Gasteiger partial charge in [0.2, 0.25) is 5.43 Å². The van der Waals surface area contributed by atoms with Crippen molar-refractivity contribution in [3.63, 3.8) is 0 Å². The molecule has 0 fully saturated rings. The number of aromatic nitrogens is 1. The van der Waals surface area contributed by atoms with Gasteiger partial charge in [-0.05, 0) is 29.5 Å². The zero-order chi connectivity index (χ0) is 23.6. The number of nitrogens with zero attached hydrogens (tertiary/aromatic N) is 3. The van der Waals surface area contributed by atoms with Crippen molar-refractivity contribution in [1.82, 2.24) is 4.57 Å². The summed E-state index contributed by atoms with van der Waals surface area (Å²) in [5, 5.41) is 4.15.